The minimum atomic E-state index is -0.640. The van der Waals surface area contributed by atoms with Gasteiger partial charge in [-0.05, 0) is 23.8 Å². The fraction of sp³-hybridized carbons (Fsp3) is 0. The van der Waals surface area contributed by atoms with Crippen molar-refractivity contribution >= 4 is 24.2 Å². The standard InChI is InChI=1S/C17H16N4O2/c22-16(15-11-5-2-6-12-15)19-21-17(23)20-18-13-7-10-14-8-3-1-4-9-14/h1-13H,(H,19,22)(H2,20,21,23). The third-order valence-corrected chi connectivity index (χ3v) is 2.74. The minimum absolute atomic E-state index is 0.409. The summed E-state index contributed by atoms with van der Waals surface area (Å²) in [6.07, 6.45) is 4.98. The van der Waals surface area contributed by atoms with Gasteiger partial charge in [-0.15, -0.1) is 0 Å². The van der Waals surface area contributed by atoms with E-state index >= 15 is 0 Å². The number of hydrazine groups is 1. The zero-order valence-electron chi connectivity index (χ0n) is 12.3. The highest BCUT2D eigenvalue weighted by Gasteiger charge is 2.04. The number of rotatable bonds is 4. The van der Waals surface area contributed by atoms with Crippen molar-refractivity contribution < 1.29 is 9.59 Å². The Balaban J connectivity index is 1.70. The van der Waals surface area contributed by atoms with Gasteiger partial charge in [-0.2, -0.15) is 5.10 Å². The Kier molecular flexibility index (Phi) is 6.10. The molecule has 23 heavy (non-hydrogen) atoms. The van der Waals surface area contributed by atoms with Gasteiger partial charge >= 0.3 is 6.03 Å². The molecule has 0 saturated heterocycles. The molecule has 3 amide bonds. The number of hydrazone groups is 1. The highest BCUT2D eigenvalue weighted by Crippen LogP contribution is 1.99. The molecule has 0 aliphatic carbocycles. The Hall–Kier alpha value is -3.41. The average molecular weight is 308 g/mol. The molecule has 0 saturated carbocycles. The summed E-state index contributed by atoms with van der Waals surface area (Å²) in [7, 11) is 0. The van der Waals surface area contributed by atoms with Crippen LogP contribution in [-0.4, -0.2) is 18.2 Å². The van der Waals surface area contributed by atoms with Crippen LogP contribution in [0.1, 0.15) is 15.9 Å². The summed E-state index contributed by atoms with van der Waals surface area (Å²) in [5, 5.41) is 3.71. The van der Waals surface area contributed by atoms with Crippen molar-refractivity contribution in [2.75, 3.05) is 0 Å². The maximum atomic E-state index is 11.7. The molecule has 0 unspecified atom stereocenters. The Morgan fingerprint density at radius 3 is 2.22 bits per heavy atom. The van der Waals surface area contributed by atoms with Crippen LogP contribution >= 0.6 is 0 Å². The van der Waals surface area contributed by atoms with Crippen LogP contribution in [0, 0.1) is 0 Å². The molecule has 0 aliphatic rings. The van der Waals surface area contributed by atoms with E-state index < -0.39 is 11.9 Å². The fourth-order valence-corrected chi connectivity index (χ4v) is 1.66. The van der Waals surface area contributed by atoms with Gasteiger partial charge in [0.25, 0.3) is 5.91 Å². The number of benzene rings is 2. The van der Waals surface area contributed by atoms with E-state index in [2.05, 4.69) is 21.4 Å². The van der Waals surface area contributed by atoms with Gasteiger partial charge in [-0.25, -0.2) is 15.6 Å². The first-order valence-corrected chi connectivity index (χ1v) is 6.92. The summed E-state index contributed by atoms with van der Waals surface area (Å²) < 4.78 is 0. The smallest absolute Gasteiger partial charge is 0.267 e. The lowest BCUT2D eigenvalue weighted by molar-refractivity contribution is 0.0936. The van der Waals surface area contributed by atoms with Gasteiger partial charge in [0.2, 0.25) is 0 Å². The molecule has 0 aliphatic heterocycles. The van der Waals surface area contributed by atoms with Crippen LogP contribution in [0.5, 0.6) is 0 Å². The van der Waals surface area contributed by atoms with Crippen molar-refractivity contribution in [3.05, 3.63) is 77.9 Å². The van der Waals surface area contributed by atoms with Crippen molar-refractivity contribution in [1.82, 2.24) is 16.3 Å². The number of hydrogen-bond donors (Lipinski definition) is 3. The molecule has 6 nitrogen and oxygen atoms in total. The van der Waals surface area contributed by atoms with E-state index in [1.54, 1.807) is 36.4 Å². The largest absolute Gasteiger partial charge is 0.353 e. The molecular weight excluding hydrogens is 292 g/mol. The van der Waals surface area contributed by atoms with Crippen LogP contribution in [0.25, 0.3) is 6.08 Å². The van der Waals surface area contributed by atoms with E-state index in [9.17, 15) is 9.59 Å². The molecule has 2 aromatic rings. The molecule has 3 N–H and O–H groups in total. The van der Waals surface area contributed by atoms with E-state index in [-0.39, 0.29) is 0 Å². The molecule has 0 atom stereocenters. The number of nitrogens with one attached hydrogen (secondary N) is 3. The number of allylic oxidation sites excluding steroid dienone is 1. The van der Waals surface area contributed by atoms with Gasteiger partial charge in [-0.3, -0.25) is 10.2 Å². The summed E-state index contributed by atoms with van der Waals surface area (Å²) in [5.41, 5.74) is 8.18. The van der Waals surface area contributed by atoms with Crippen LogP contribution in [0.4, 0.5) is 4.79 Å². The molecule has 2 rings (SSSR count). The highest BCUT2D eigenvalue weighted by atomic mass is 16.2. The topological polar surface area (TPSA) is 82.6 Å². The second-order valence-electron chi connectivity index (χ2n) is 4.43. The van der Waals surface area contributed by atoms with Gasteiger partial charge in [0.1, 0.15) is 0 Å². The zero-order chi connectivity index (χ0) is 16.3. The molecule has 0 aromatic heterocycles. The second-order valence-corrected chi connectivity index (χ2v) is 4.43. The van der Waals surface area contributed by atoms with E-state index in [0.29, 0.717) is 5.56 Å². The average Bonchev–Trinajstić information content (AvgIpc) is 2.61. The summed E-state index contributed by atoms with van der Waals surface area (Å²) in [4.78, 5) is 23.1. The molecule has 0 fully saturated rings. The van der Waals surface area contributed by atoms with Crippen LogP contribution in [0.15, 0.2) is 71.8 Å². The van der Waals surface area contributed by atoms with Crippen molar-refractivity contribution in [2.45, 2.75) is 0 Å². The summed E-state index contributed by atoms with van der Waals surface area (Å²) in [6.45, 7) is 0. The van der Waals surface area contributed by atoms with E-state index in [0.717, 1.165) is 5.56 Å². The Labute approximate surface area is 133 Å². The Bertz CT molecular complexity index is 697. The minimum Gasteiger partial charge on any atom is -0.267 e. The maximum Gasteiger partial charge on any atom is 0.353 e. The molecule has 2 aromatic carbocycles. The van der Waals surface area contributed by atoms with Crippen molar-refractivity contribution in [1.29, 1.82) is 0 Å². The van der Waals surface area contributed by atoms with E-state index in [4.69, 9.17) is 0 Å². The van der Waals surface area contributed by atoms with Crippen LogP contribution in [0.3, 0.4) is 0 Å². The number of hydrogen-bond acceptors (Lipinski definition) is 3. The number of carbonyl (C=O) groups excluding carboxylic acids is 2. The van der Waals surface area contributed by atoms with Gasteiger partial charge in [0.15, 0.2) is 0 Å². The third-order valence-electron chi connectivity index (χ3n) is 2.74. The van der Waals surface area contributed by atoms with Gasteiger partial charge in [-0.1, -0.05) is 54.6 Å². The normalized spacial score (nSPS) is 10.6. The van der Waals surface area contributed by atoms with Crippen LogP contribution < -0.4 is 16.3 Å². The second kappa shape index (κ2) is 8.78. The lowest BCUT2D eigenvalue weighted by atomic mass is 10.2. The molecule has 116 valence electrons. The predicted octanol–water partition coefficient (Wildman–Crippen LogP) is 2.33. The summed E-state index contributed by atoms with van der Waals surface area (Å²) >= 11 is 0. The fourth-order valence-electron chi connectivity index (χ4n) is 1.66. The predicted molar refractivity (Wildman–Crippen MR) is 89.5 cm³/mol. The van der Waals surface area contributed by atoms with E-state index in [1.807, 2.05) is 36.4 Å². The first kappa shape index (κ1) is 16.0. The Morgan fingerprint density at radius 2 is 1.52 bits per heavy atom. The summed E-state index contributed by atoms with van der Waals surface area (Å²) in [6, 6.07) is 17.6. The Morgan fingerprint density at radius 1 is 0.870 bits per heavy atom. The van der Waals surface area contributed by atoms with Crippen LogP contribution in [0.2, 0.25) is 0 Å². The van der Waals surface area contributed by atoms with Gasteiger partial charge in [0.05, 0.1) is 0 Å². The lowest BCUT2D eigenvalue weighted by Crippen LogP contribution is -2.45. The van der Waals surface area contributed by atoms with Crippen molar-refractivity contribution in [3.8, 4) is 0 Å². The van der Waals surface area contributed by atoms with Gasteiger partial charge < -0.3 is 0 Å². The molecule has 6 heteroatoms. The van der Waals surface area contributed by atoms with Crippen molar-refractivity contribution in [2.24, 2.45) is 5.10 Å². The molecule has 0 radical (unpaired) electrons. The first-order chi connectivity index (χ1) is 11.3. The van der Waals surface area contributed by atoms with Gasteiger partial charge in [0, 0.05) is 11.8 Å². The third kappa shape index (κ3) is 5.84. The lowest BCUT2D eigenvalue weighted by Gasteiger charge is -2.05. The number of amides is 3. The monoisotopic (exact) mass is 308 g/mol. The number of nitrogens with zero attached hydrogens (tertiary/aromatic N) is 1. The quantitative estimate of drug-likeness (QED) is 0.598. The number of carbonyl (C=O) groups is 2. The van der Waals surface area contributed by atoms with E-state index in [1.165, 1.54) is 6.21 Å². The van der Waals surface area contributed by atoms with Crippen LogP contribution in [-0.2, 0) is 0 Å². The molecule has 0 spiro atoms. The molecular formula is C17H16N4O2. The molecule has 0 bridgehead atoms. The first-order valence-electron chi connectivity index (χ1n) is 6.92. The zero-order valence-corrected chi connectivity index (χ0v) is 12.3. The maximum absolute atomic E-state index is 11.7. The summed E-state index contributed by atoms with van der Waals surface area (Å²) in [5.74, 6) is -0.409. The molecule has 0 heterocycles. The highest BCUT2D eigenvalue weighted by molar-refractivity contribution is 5.95. The number of urea groups is 1. The van der Waals surface area contributed by atoms with Crippen molar-refractivity contribution in [3.63, 3.8) is 0 Å². The SMILES string of the molecule is O=C(NN=CC=Cc1ccccc1)NNC(=O)c1ccccc1.